The summed E-state index contributed by atoms with van der Waals surface area (Å²) in [5.41, 5.74) is 0. The van der Waals surface area contributed by atoms with Crippen LogP contribution in [0.25, 0.3) is 0 Å². The van der Waals surface area contributed by atoms with Crippen molar-refractivity contribution in [3.63, 3.8) is 0 Å². The Morgan fingerprint density at radius 2 is 2.29 bits per heavy atom. The predicted molar refractivity (Wildman–Crippen MR) is 80.5 cm³/mol. The summed E-state index contributed by atoms with van der Waals surface area (Å²) in [5.74, 6) is 1.66. The van der Waals surface area contributed by atoms with Gasteiger partial charge in [-0.25, -0.2) is 13.4 Å². The van der Waals surface area contributed by atoms with Gasteiger partial charge in [0, 0.05) is 32.1 Å². The maximum absolute atomic E-state index is 12.6. The molecule has 1 atom stereocenters. The zero-order valence-electron chi connectivity index (χ0n) is 11.7. The van der Waals surface area contributed by atoms with E-state index in [2.05, 4.69) is 4.98 Å². The number of nitrogens with zero attached hydrogens (tertiary/aromatic N) is 3. The summed E-state index contributed by atoms with van der Waals surface area (Å²) in [7, 11) is -1.74. The fourth-order valence-corrected chi connectivity index (χ4v) is 5.06. The Hall–Kier alpha value is -1.25. The first-order chi connectivity index (χ1) is 10.1. The average Bonchev–Trinajstić information content (AvgIpc) is 3.06. The number of hydrogen-bond acceptors (Lipinski definition) is 5. The highest BCUT2D eigenvalue weighted by atomic mass is 32.2. The number of sulfonamides is 1. The van der Waals surface area contributed by atoms with Gasteiger partial charge in [-0.2, -0.15) is 4.31 Å². The van der Waals surface area contributed by atoms with Gasteiger partial charge in [0.05, 0.1) is 17.8 Å². The SMILES string of the molecule is Cn1cnc(S(=O)(=O)N2CCSC(c3ccco3)CC2)c1. The van der Waals surface area contributed by atoms with E-state index in [0.717, 1.165) is 17.9 Å². The fourth-order valence-electron chi connectivity index (χ4n) is 2.35. The summed E-state index contributed by atoms with van der Waals surface area (Å²) < 4.78 is 33.7. The number of imidazole rings is 1. The molecule has 114 valence electrons. The van der Waals surface area contributed by atoms with Gasteiger partial charge in [0.25, 0.3) is 10.0 Å². The van der Waals surface area contributed by atoms with Crippen molar-refractivity contribution in [2.75, 3.05) is 18.8 Å². The molecule has 3 rings (SSSR count). The van der Waals surface area contributed by atoms with E-state index in [-0.39, 0.29) is 10.3 Å². The number of thioether (sulfide) groups is 1. The molecule has 0 amide bonds. The molecule has 0 aromatic carbocycles. The number of aryl methyl sites for hydroxylation is 1. The number of rotatable bonds is 3. The molecule has 0 spiro atoms. The van der Waals surface area contributed by atoms with E-state index in [4.69, 9.17) is 4.42 Å². The highest BCUT2D eigenvalue weighted by Gasteiger charge is 2.30. The zero-order valence-corrected chi connectivity index (χ0v) is 13.3. The van der Waals surface area contributed by atoms with Gasteiger partial charge in [0.1, 0.15) is 5.76 Å². The van der Waals surface area contributed by atoms with Crippen molar-refractivity contribution in [2.24, 2.45) is 7.05 Å². The molecule has 2 aromatic rings. The van der Waals surface area contributed by atoms with Gasteiger partial charge in [-0.1, -0.05) is 0 Å². The molecule has 0 bridgehead atoms. The second kappa shape index (κ2) is 5.86. The van der Waals surface area contributed by atoms with Crippen LogP contribution in [0.3, 0.4) is 0 Å². The third kappa shape index (κ3) is 3.02. The lowest BCUT2D eigenvalue weighted by Gasteiger charge is -2.18. The summed E-state index contributed by atoms with van der Waals surface area (Å²) in [4.78, 5) is 3.97. The Kier molecular flexibility index (Phi) is 4.10. The van der Waals surface area contributed by atoms with Crippen molar-refractivity contribution < 1.29 is 12.8 Å². The molecule has 1 unspecified atom stereocenters. The van der Waals surface area contributed by atoms with Crippen molar-refractivity contribution in [2.45, 2.75) is 16.7 Å². The van der Waals surface area contributed by atoms with Crippen LogP contribution in [-0.2, 0) is 17.1 Å². The number of furan rings is 1. The van der Waals surface area contributed by atoms with E-state index >= 15 is 0 Å². The van der Waals surface area contributed by atoms with Crippen molar-refractivity contribution in [3.05, 3.63) is 36.7 Å². The Balaban J connectivity index is 1.75. The van der Waals surface area contributed by atoms with Crippen LogP contribution < -0.4 is 0 Å². The van der Waals surface area contributed by atoms with Gasteiger partial charge in [-0.05, 0) is 18.6 Å². The third-order valence-electron chi connectivity index (χ3n) is 3.45. The van der Waals surface area contributed by atoms with Gasteiger partial charge in [-0.3, -0.25) is 0 Å². The zero-order chi connectivity index (χ0) is 14.9. The quantitative estimate of drug-likeness (QED) is 0.861. The van der Waals surface area contributed by atoms with Crippen molar-refractivity contribution >= 4 is 21.8 Å². The van der Waals surface area contributed by atoms with Crippen LogP contribution in [0.1, 0.15) is 17.4 Å². The van der Waals surface area contributed by atoms with Crippen LogP contribution in [0, 0.1) is 0 Å². The number of hydrogen-bond donors (Lipinski definition) is 0. The summed E-state index contributed by atoms with van der Waals surface area (Å²) in [6.45, 7) is 0.984. The minimum absolute atomic E-state index is 0.117. The van der Waals surface area contributed by atoms with Gasteiger partial charge < -0.3 is 8.98 Å². The minimum atomic E-state index is -3.50. The molecule has 21 heavy (non-hydrogen) atoms. The van der Waals surface area contributed by atoms with Crippen LogP contribution in [0.2, 0.25) is 0 Å². The molecule has 1 aliphatic rings. The van der Waals surface area contributed by atoms with Crippen LogP contribution >= 0.6 is 11.8 Å². The molecule has 0 N–H and O–H groups in total. The second-order valence-electron chi connectivity index (χ2n) is 4.94. The molecule has 2 aromatic heterocycles. The fraction of sp³-hybridized carbons (Fsp3) is 0.462. The summed E-state index contributed by atoms with van der Waals surface area (Å²) in [6.07, 6.45) is 5.44. The molecular weight excluding hydrogens is 310 g/mol. The molecule has 0 saturated carbocycles. The normalized spacial score (nSPS) is 21.3. The van der Waals surface area contributed by atoms with E-state index in [1.165, 1.54) is 16.8 Å². The monoisotopic (exact) mass is 327 g/mol. The topological polar surface area (TPSA) is 68.3 Å². The third-order valence-corrected chi connectivity index (χ3v) is 6.52. The van der Waals surface area contributed by atoms with Gasteiger partial charge >= 0.3 is 0 Å². The van der Waals surface area contributed by atoms with Crippen molar-refractivity contribution in [1.29, 1.82) is 0 Å². The van der Waals surface area contributed by atoms with Crippen molar-refractivity contribution in [3.8, 4) is 0 Å². The standard InChI is InChI=1S/C13H17N3O3S2/c1-15-9-13(14-10-15)21(17,18)16-5-4-12(20-8-6-16)11-3-2-7-19-11/h2-3,7,9-10,12H,4-6,8H2,1H3. The average molecular weight is 327 g/mol. The largest absolute Gasteiger partial charge is 0.468 e. The molecular formula is C13H17N3O3S2. The minimum Gasteiger partial charge on any atom is -0.468 e. The molecule has 8 heteroatoms. The molecule has 6 nitrogen and oxygen atoms in total. The lowest BCUT2D eigenvalue weighted by Crippen LogP contribution is -2.33. The van der Waals surface area contributed by atoms with E-state index in [9.17, 15) is 8.42 Å². The van der Waals surface area contributed by atoms with Gasteiger partial charge in [-0.15, -0.1) is 11.8 Å². The molecule has 3 heterocycles. The van der Waals surface area contributed by atoms with E-state index in [1.54, 1.807) is 29.6 Å². The van der Waals surface area contributed by atoms with Crippen LogP contribution in [-0.4, -0.2) is 41.1 Å². The first kappa shape index (κ1) is 14.7. The Bertz CT molecular complexity index is 694. The smallest absolute Gasteiger partial charge is 0.262 e. The molecule has 1 aliphatic heterocycles. The molecule has 1 fully saturated rings. The van der Waals surface area contributed by atoms with Gasteiger partial charge in [0.15, 0.2) is 5.03 Å². The highest BCUT2D eigenvalue weighted by molar-refractivity contribution is 7.99. The maximum Gasteiger partial charge on any atom is 0.262 e. The second-order valence-corrected chi connectivity index (χ2v) is 8.14. The maximum atomic E-state index is 12.6. The van der Waals surface area contributed by atoms with E-state index in [1.807, 2.05) is 12.1 Å². The first-order valence-electron chi connectivity index (χ1n) is 6.70. The van der Waals surface area contributed by atoms with Crippen molar-refractivity contribution in [1.82, 2.24) is 13.9 Å². The first-order valence-corrected chi connectivity index (χ1v) is 9.19. The summed E-state index contributed by atoms with van der Waals surface area (Å²) >= 11 is 1.74. The summed E-state index contributed by atoms with van der Waals surface area (Å²) in [6, 6.07) is 3.81. The van der Waals surface area contributed by atoms with Gasteiger partial charge in [0.2, 0.25) is 0 Å². The Labute approximate surface area is 128 Å². The van der Waals surface area contributed by atoms with E-state index in [0.29, 0.717) is 13.1 Å². The highest BCUT2D eigenvalue weighted by Crippen LogP contribution is 2.35. The molecule has 0 aliphatic carbocycles. The molecule has 1 saturated heterocycles. The number of aromatic nitrogens is 2. The Morgan fingerprint density at radius 1 is 1.43 bits per heavy atom. The lowest BCUT2D eigenvalue weighted by atomic mass is 10.2. The van der Waals surface area contributed by atoms with Crippen LogP contribution in [0.5, 0.6) is 0 Å². The van der Waals surface area contributed by atoms with Crippen LogP contribution in [0.15, 0.2) is 40.4 Å². The Morgan fingerprint density at radius 3 is 2.95 bits per heavy atom. The summed E-state index contributed by atoms with van der Waals surface area (Å²) in [5, 5.41) is 0.329. The lowest BCUT2D eigenvalue weighted by molar-refractivity contribution is 0.415. The van der Waals surface area contributed by atoms with E-state index < -0.39 is 10.0 Å². The van der Waals surface area contributed by atoms with Crippen LogP contribution in [0.4, 0.5) is 0 Å². The molecule has 0 radical (unpaired) electrons. The predicted octanol–water partition coefficient (Wildman–Crippen LogP) is 1.88.